The van der Waals surface area contributed by atoms with Crippen molar-refractivity contribution in [2.75, 3.05) is 0 Å². The lowest BCUT2D eigenvalue weighted by Crippen LogP contribution is -2.48. The van der Waals surface area contributed by atoms with E-state index in [0.717, 1.165) is 18.6 Å². The van der Waals surface area contributed by atoms with Gasteiger partial charge in [-0.1, -0.05) is 30.3 Å². The van der Waals surface area contributed by atoms with Crippen molar-refractivity contribution < 1.29 is 19.5 Å². The molecule has 1 fully saturated rings. The van der Waals surface area contributed by atoms with Crippen molar-refractivity contribution >= 4 is 5.91 Å². The quantitative estimate of drug-likeness (QED) is 0.771. The lowest BCUT2D eigenvalue weighted by Gasteiger charge is -2.29. The molecule has 5 heteroatoms. The van der Waals surface area contributed by atoms with Gasteiger partial charge in [0.15, 0.2) is 5.60 Å². The van der Waals surface area contributed by atoms with Gasteiger partial charge in [-0.3, -0.25) is 9.63 Å². The molecule has 0 spiro atoms. The van der Waals surface area contributed by atoms with Gasteiger partial charge < -0.3 is 9.84 Å². The molecule has 138 valence electrons. The van der Waals surface area contributed by atoms with Crippen LogP contribution in [0.5, 0.6) is 11.5 Å². The molecule has 1 atom stereocenters. The summed E-state index contributed by atoms with van der Waals surface area (Å²) in [6.07, 6.45) is 1.61. The number of benzene rings is 2. The second kappa shape index (κ2) is 7.09. The van der Waals surface area contributed by atoms with E-state index in [-0.39, 0.29) is 5.92 Å². The summed E-state index contributed by atoms with van der Waals surface area (Å²) in [7, 11) is 0. The van der Waals surface area contributed by atoms with E-state index in [1.54, 1.807) is 24.3 Å². The Labute approximate surface area is 153 Å². The summed E-state index contributed by atoms with van der Waals surface area (Å²) in [6.45, 7) is 5.50. The molecular formula is C21H25NO4. The summed E-state index contributed by atoms with van der Waals surface area (Å²) in [6, 6.07) is 16.4. The Kier molecular flexibility index (Phi) is 5.03. The van der Waals surface area contributed by atoms with Crippen LogP contribution in [0.25, 0.3) is 0 Å². The van der Waals surface area contributed by atoms with Crippen LogP contribution in [0.3, 0.4) is 0 Å². The van der Waals surface area contributed by atoms with E-state index in [2.05, 4.69) is 5.48 Å². The largest absolute Gasteiger partial charge is 0.457 e. The molecule has 0 aromatic heterocycles. The minimum Gasteiger partial charge on any atom is -0.457 e. The van der Waals surface area contributed by atoms with Crippen LogP contribution in [0.15, 0.2) is 54.6 Å². The molecule has 0 aliphatic heterocycles. The second-order valence-electron chi connectivity index (χ2n) is 7.63. The van der Waals surface area contributed by atoms with Gasteiger partial charge in [-0.25, -0.2) is 5.48 Å². The molecular weight excluding hydrogens is 330 g/mol. The number of rotatable bonds is 6. The summed E-state index contributed by atoms with van der Waals surface area (Å²) >= 11 is 0. The summed E-state index contributed by atoms with van der Waals surface area (Å²) in [5.41, 5.74) is 0.820. The van der Waals surface area contributed by atoms with Gasteiger partial charge in [0.1, 0.15) is 11.5 Å². The van der Waals surface area contributed by atoms with E-state index in [4.69, 9.17) is 9.57 Å². The van der Waals surface area contributed by atoms with Gasteiger partial charge in [0.05, 0.1) is 5.60 Å². The topological polar surface area (TPSA) is 67.8 Å². The first-order valence-corrected chi connectivity index (χ1v) is 8.83. The molecule has 26 heavy (non-hydrogen) atoms. The molecule has 2 aromatic carbocycles. The van der Waals surface area contributed by atoms with Crippen molar-refractivity contribution in [1.82, 2.24) is 5.48 Å². The highest BCUT2D eigenvalue weighted by Crippen LogP contribution is 2.46. The van der Waals surface area contributed by atoms with Crippen LogP contribution in [-0.2, 0) is 15.2 Å². The third kappa shape index (κ3) is 4.23. The van der Waals surface area contributed by atoms with Crippen molar-refractivity contribution in [2.45, 2.75) is 44.8 Å². The zero-order valence-corrected chi connectivity index (χ0v) is 15.4. The molecule has 3 rings (SSSR count). The maximum absolute atomic E-state index is 12.7. The van der Waals surface area contributed by atoms with Crippen molar-refractivity contribution in [3.05, 3.63) is 60.2 Å². The first-order chi connectivity index (χ1) is 12.3. The van der Waals surface area contributed by atoms with Crippen molar-refractivity contribution in [3.8, 4) is 11.5 Å². The van der Waals surface area contributed by atoms with Gasteiger partial charge in [0, 0.05) is 5.92 Å². The van der Waals surface area contributed by atoms with Crippen molar-refractivity contribution in [1.29, 1.82) is 0 Å². The molecule has 1 saturated carbocycles. The number of hydrogen-bond acceptors (Lipinski definition) is 4. The Bertz CT molecular complexity index is 748. The predicted molar refractivity (Wildman–Crippen MR) is 98.6 cm³/mol. The Hall–Kier alpha value is -2.37. The summed E-state index contributed by atoms with van der Waals surface area (Å²) in [5, 5.41) is 11.1. The minimum atomic E-state index is -1.60. The van der Waals surface area contributed by atoms with Crippen LogP contribution in [0.2, 0.25) is 0 Å². The van der Waals surface area contributed by atoms with Gasteiger partial charge >= 0.3 is 0 Å². The van der Waals surface area contributed by atoms with Crippen LogP contribution in [0, 0.1) is 5.92 Å². The lowest BCUT2D eigenvalue weighted by atomic mass is 9.88. The number of para-hydroxylation sites is 1. The SMILES string of the molecule is CC(C)(C)ONC(=O)C(O)(c1ccc(Oc2ccccc2)cc1)C1CC1. The average Bonchev–Trinajstić information content (AvgIpc) is 3.45. The van der Waals surface area contributed by atoms with E-state index < -0.39 is 17.1 Å². The Morgan fingerprint density at radius 3 is 2.12 bits per heavy atom. The number of carbonyl (C=O) groups is 1. The van der Waals surface area contributed by atoms with Gasteiger partial charge in [0.25, 0.3) is 5.91 Å². The zero-order chi connectivity index (χ0) is 18.8. The molecule has 2 N–H and O–H groups in total. The highest BCUT2D eigenvalue weighted by molar-refractivity contribution is 5.86. The van der Waals surface area contributed by atoms with Crippen LogP contribution in [0.1, 0.15) is 39.2 Å². The first-order valence-electron chi connectivity index (χ1n) is 8.83. The summed E-state index contributed by atoms with van der Waals surface area (Å²) in [4.78, 5) is 18.0. The number of nitrogens with one attached hydrogen (secondary N) is 1. The first kappa shape index (κ1) is 18.4. The third-order valence-electron chi connectivity index (χ3n) is 4.24. The molecule has 1 aliphatic rings. The van der Waals surface area contributed by atoms with Crippen LogP contribution in [-0.4, -0.2) is 16.6 Å². The smallest absolute Gasteiger partial charge is 0.280 e. The van der Waals surface area contributed by atoms with Crippen LogP contribution < -0.4 is 10.2 Å². The van der Waals surface area contributed by atoms with Crippen LogP contribution in [0.4, 0.5) is 0 Å². The highest BCUT2D eigenvalue weighted by atomic mass is 16.7. The fraction of sp³-hybridized carbons (Fsp3) is 0.381. The van der Waals surface area contributed by atoms with E-state index in [9.17, 15) is 9.90 Å². The average molecular weight is 355 g/mol. The molecule has 2 aromatic rings. The minimum absolute atomic E-state index is 0.105. The number of ether oxygens (including phenoxy) is 1. The lowest BCUT2D eigenvalue weighted by molar-refractivity contribution is -0.167. The standard InChI is InChI=1S/C21H25NO4/c1-20(2,3)26-22-19(23)21(24,15-9-10-15)16-11-13-18(14-12-16)25-17-7-5-4-6-8-17/h4-8,11-15,24H,9-10H2,1-3H3,(H,22,23). The zero-order valence-electron chi connectivity index (χ0n) is 15.4. The highest BCUT2D eigenvalue weighted by Gasteiger charge is 2.51. The number of carbonyl (C=O) groups excluding carboxylic acids is 1. The number of hydrogen-bond donors (Lipinski definition) is 2. The molecule has 1 aliphatic carbocycles. The predicted octanol–water partition coefficient (Wildman–Crippen LogP) is 3.92. The third-order valence-corrected chi connectivity index (χ3v) is 4.24. The normalized spacial score (nSPS) is 16.6. The number of aliphatic hydroxyl groups is 1. The molecule has 0 saturated heterocycles. The maximum atomic E-state index is 12.7. The van der Waals surface area contributed by atoms with Crippen molar-refractivity contribution in [3.63, 3.8) is 0 Å². The van der Waals surface area contributed by atoms with Gasteiger partial charge in [-0.15, -0.1) is 0 Å². The molecule has 5 nitrogen and oxygen atoms in total. The van der Waals surface area contributed by atoms with Crippen molar-refractivity contribution in [2.24, 2.45) is 5.92 Å². The van der Waals surface area contributed by atoms with Gasteiger partial charge in [-0.2, -0.15) is 0 Å². The van der Waals surface area contributed by atoms with Gasteiger partial charge in [0.2, 0.25) is 0 Å². The fourth-order valence-corrected chi connectivity index (χ4v) is 2.73. The number of hydroxylamine groups is 1. The molecule has 1 unspecified atom stereocenters. The van der Waals surface area contributed by atoms with E-state index >= 15 is 0 Å². The fourth-order valence-electron chi connectivity index (χ4n) is 2.73. The van der Waals surface area contributed by atoms with Gasteiger partial charge in [-0.05, 0) is 63.4 Å². The number of amides is 1. The van der Waals surface area contributed by atoms with E-state index in [1.807, 2.05) is 51.1 Å². The Balaban J connectivity index is 1.76. The van der Waals surface area contributed by atoms with E-state index in [1.165, 1.54) is 0 Å². The maximum Gasteiger partial charge on any atom is 0.280 e. The summed E-state index contributed by atoms with van der Waals surface area (Å²) in [5.74, 6) is 0.733. The monoisotopic (exact) mass is 355 g/mol. The second-order valence-corrected chi connectivity index (χ2v) is 7.63. The molecule has 1 amide bonds. The Morgan fingerprint density at radius 1 is 1.00 bits per heavy atom. The Morgan fingerprint density at radius 2 is 1.58 bits per heavy atom. The summed E-state index contributed by atoms with van der Waals surface area (Å²) < 4.78 is 5.77. The van der Waals surface area contributed by atoms with Crippen LogP contribution >= 0.6 is 0 Å². The molecule has 0 bridgehead atoms. The molecule has 0 radical (unpaired) electrons. The van der Waals surface area contributed by atoms with E-state index in [0.29, 0.717) is 11.3 Å². The molecule has 0 heterocycles.